The summed E-state index contributed by atoms with van der Waals surface area (Å²) in [4.78, 5) is 0. The molecule has 0 aliphatic rings. The molecule has 1 N–H and O–H groups in total. The van der Waals surface area contributed by atoms with E-state index < -0.39 is 0 Å². The number of benzene rings is 2. The Morgan fingerprint density at radius 3 is 1.89 bits per heavy atom. The first-order chi connectivity index (χ1) is 9.22. The van der Waals surface area contributed by atoms with E-state index >= 15 is 0 Å². The van der Waals surface area contributed by atoms with E-state index in [2.05, 4.69) is 61.6 Å². The second-order valence-electron chi connectivity index (χ2n) is 4.95. The van der Waals surface area contributed by atoms with Crippen LogP contribution in [-0.2, 0) is 0 Å². The highest BCUT2D eigenvalue weighted by Gasteiger charge is 2.12. The normalized spacial score (nSPS) is 11.9. The van der Waals surface area contributed by atoms with Crippen molar-refractivity contribution < 1.29 is 0 Å². The molecule has 19 heavy (non-hydrogen) atoms. The molecule has 1 heteroatoms. The zero-order chi connectivity index (χ0) is 13.7. The minimum absolute atomic E-state index is 0.0485. The highest BCUT2D eigenvalue weighted by Crippen LogP contribution is 2.23. The molecular formula is C18H19N. The molecule has 2 rings (SSSR count). The van der Waals surface area contributed by atoms with Crippen molar-refractivity contribution in [1.29, 1.82) is 0 Å². The maximum absolute atomic E-state index is 5.42. The lowest BCUT2D eigenvalue weighted by molar-refractivity contribution is 0.748. The molecule has 0 amide bonds. The lowest BCUT2D eigenvalue weighted by Gasteiger charge is -2.18. The maximum atomic E-state index is 5.42. The van der Waals surface area contributed by atoms with Gasteiger partial charge in [-0.25, -0.2) is 0 Å². The molecule has 1 nitrogen and oxygen atoms in total. The van der Waals surface area contributed by atoms with Crippen molar-refractivity contribution in [3.05, 3.63) is 71.3 Å². The van der Waals surface area contributed by atoms with Gasteiger partial charge in [-0.05, 0) is 22.6 Å². The Morgan fingerprint density at radius 2 is 1.37 bits per heavy atom. The van der Waals surface area contributed by atoms with Crippen molar-refractivity contribution in [3.63, 3.8) is 0 Å². The molecule has 2 aromatic carbocycles. The standard InChI is InChI=1S/C18H19N/c1-4-19-18(16-8-6-5-7-9-16)17-12-10-15(11-13-17)14(2)3/h1,5-14,18-19H,2-3H3. The molecule has 0 saturated heterocycles. The van der Waals surface area contributed by atoms with E-state index in [1.54, 1.807) is 0 Å². The molecule has 0 saturated carbocycles. The van der Waals surface area contributed by atoms with Gasteiger partial charge in [0.25, 0.3) is 0 Å². The van der Waals surface area contributed by atoms with E-state index in [0.29, 0.717) is 5.92 Å². The summed E-state index contributed by atoms with van der Waals surface area (Å²) in [6.45, 7) is 4.40. The smallest absolute Gasteiger partial charge is 0.0842 e. The van der Waals surface area contributed by atoms with Gasteiger partial charge in [0.2, 0.25) is 0 Å². The largest absolute Gasteiger partial charge is 0.334 e. The van der Waals surface area contributed by atoms with Gasteiger partial charge in [-0.1, -0.05) is 74.9 Å². The molecule has 0 aliphatic carbocycles. The predicted octanol–water partition coefficient (Wildman–Crippen LogP) is 4.08. The Kier molecular flexibility index (Phi) is 4.26. The Balaban J connectivity index is 2.32. The van der Waals surface area contributed by atoms with Crippen LogP contribution in [0.3, 0.4) is 0 Å². The molecule has 0 aromatic heterocycles. The Labute approximate surface area is 115 Å². The monoisotopic (exact) mass is 249 g/mol. The van der Waals surface area contributed by atoms with Crippen LogP contribution in [0.15, 0.2) is 54.6 Å². The van der Waals surface area contributed by atoms with Crippen molar-refractivity contribution >= 4 is 0 Å². The molecule has 96 valence electrons. The second kappa shape index (κ2) is 6.11. The van der Waals surface area contributed by atoms with Crippen LogP contribution in [0.5, 0.6) is 0 Å². The van der Waals surface area contributed by atoms with Gasteiger partial charge in [-0.15, -0.1) is 0 Å². The van der Waals surface area contributed by atoms with Crippen molar-refractivity contribution in [1.82, 2.24) is 5.32 Å². The number of hydrogen-bond donors (Lipinski definition) is 1. The third kappa shape index (κ3) is 3.17. The van der Waals surface area contributed by atoms with Crippen LogP contribution >= 0.6 is 0 Å². The van der Waals surface area contributed by atoms with E-state index in [9.17, 15) is 0 Å². The average Bonchev–Trinajstić information content (AvgIpc) is 2.46. The van der Waals surface area contributed by atoms with E-state index in [1.165, 1.54) is 16.7 Å². The van der Waals surface area contributed by atoms with Gasteiger partial charge in [0.15, 0.2) is 0 Å². The fourth-order valence-corrected chi connectivity index (χ4v) is 2.16. The van der Waals surface area contributed by atoms with Crippen molar-refractivity contribution in [2.45, 2.75) is 25.8 Å². The van der Waals surface area contributed by atoms with Crippen LogP contribution in [0.25, 0.3) is 0 Å². The van der Waals surface area contributed by atoms with Gasteiger partial charge in [-0.2, -0.15) is 0 Å². The van der Waals surface area contributed by atoms with Crippen LogP contribution < -0.4 is 5.32 Å². The average molecular weight is 249 g/mol. The molecule has 1 unspecified atom stereocenters. The quantitative estimate of drug-likeness (QED) is 0.636. The third-order valence-corrected chi connectivity index (χ3v) is 3.30. The zero-order valence-electron chi connectivity index (χ0n) is 11.4. The number of nitrogens with one attached hydrogen (secondary N) is 1. The topological polar surface area (TPSA) is 12.0 Å². The van der Waals surface area contributed by atoms with Gasteiger partial charge in [-0.3, -0.25) is 0 Å². The summed E-state index contributed by atoms with van der Waals surface area (Å²) in [5.74, 6) is 0.546. The Bertz CT molecular complexity index is 546. The van der Waals surface area contributed by atoms with Gasteiger partial charge in [0, 0.05) is 6.04 Å². The van der Waals surface area contributed by atoms with Crippen LogP contribution in [0, 0.1) is 12.5 Å². The molecule has 0 heterocycles. The van der Waals surface area contributed by atoms with E-state index in [-0.39, 0.29) is 6.04 Å². The van der Waals surface area contributed by atoms with Crippen molar-refractivity contribution in [3.8, 4) is 12.5 Å². The number of terminal acetylenes is 1. The summed E-state index contributed by atoms with van der Waals surface area (Å²) in [5, 5.41) is 3.09. The van der Waals surface area contributed by atoms with E-state index in [4.69, 9.17) is 6.42 Å². The van der Waals surface area contributed by atoms with Crippen molar-refractivity contribution in [2.24, 2.45) is 0 Å². The lowest BCUT2D eigenvalue weighted by Crippen LogP contribution is -2.17. The molecule has 0 bridgehead atoms. The molecule has 0 fully saturated rings. The minimum Gasteiger partial charge on any atom is -0.334 e. The molecule has 0 spiro atoms. The maximum Gasteiger partial charge on any atom is 0.0842 e. The molecule has 2 aromatic rings. The molecule has 1 atom stereocenters. The van der Waals surface area contributed by atoms with Gasteiger partial charge < -0.3 is 5.32 Å². The number of hydrogen-bond acceptors (Lipinski definition) is 1. The van der Waals surface area contributed by atoms with E-state index in [0.717, 1.165) is 0 Å². The van der Waals surface area contributed by atoms with E-state index in [1.807, 2.05) is 18.2 Å². The zero-order valence-corrected chi connectivity index (χ0v) is 11.4. The molecule has 0 radical (unpaired) electrons. The second-order valence-corrected chi connectivity index (χ2v) is 4.95. The summed E-state index contributed by atoms with van der Waals surface area (Å²) in [6.07, 6.45) is 5.42. The van der Waals surface area contributed by atoms with Gasteiger partial charge >= 0.3 is 0 Å². The molecule has 0 aliphatic heterocycles. The van der Waals surface area contributed by atoms with Crippen LogP contribution in [0.4, 0.5) is 0 Å². The van der Waals surface area contributed by atoms with Gasteiger partial charge in [0.1, 0.15) is 0 Å². The number of rotatable bonds is 4. The highest BCUT2D eigenvalue weighted by molar-refractivity contribution is 5.35. The van der Waals surface area contributed by atoms with Crippen LogP contribution in [0.1, 0.15) is 42.5 Å². The molecular weight excluding hydrogens is 230 g/mol. The first kappa shape index (κ1) is 13.2. The first-order valence-corrected chi connectivity index (χ1v) is 6.58. The summed E-state index contributed by atoms with van der Waals surface area (Å²) in [6, 6.07) is 21.5. The van der Waals surface area contributed by atoms with Gasteiger partial charge in [0.05, 0.1) is 6.04 Å². The van der Waals surface area contributed by atoms with Crippen LogP contribution in [-0.4, -0.2) is 0 Å². The minimum atomic E-state index is 0.0485. The Morgan fingerprint density at radius 1 is 0.842 bits per heavy atom. The van der Waals surface area contributed by atoms with Crippen LogP contribution in [0.2, 0.25) is 0 Å². The Hall–Kier alpha value is -2.20. The third-order valence-electron chi connectivity index (χ3n) is 3.30. The lowest BCUT2D eigenvalue weighted by atomic mass is 9.95. The summed E-state index contributed by atoms with van der Waals surface area (Å²) >= 11 is 0. The first-order valence-electron chi connectivity index (χ1n) is 6.58. The highest BCUT2D eigenvalue weighted by atomic mass is 14.9. The SMILES string of the molecule is C#CNC(c1ccccc1)c1ccc(C(C)C)cc1. The fraction of sp³-hybridized carbons (Fsp3) is 0.222. The summed E-state index contributed by atoms with van der Waals surface area (Å²) < 4.78 is 0. The van der Waals surface area contributed by atoms with Crippen molar-refractivity contribution in [2.75, 3.05) is 0 Å². The summed E-state index contributed by atoms with van der Waals surface area (Å²) in [5.41, 5.74) is 3.71. The predicted molar refractivity (Wildman–Crippen MR) is 80.8 cm³/mol. The fourth-order valence-electron chi connectivity index (χ4n) is 2.16. The summed E-state index contributed by atoms with van der Waals surface area (Å²) in [7, 11) is 0.